The summed E-state index contributed by atoms with van der Waals surface area (Å²) in [6, 6.07) is -1.33. The summed E-state index contributed by atoms with van der Waals surface area (Å²) in [5.74, 6) is -0.926. The SMILES string of the molecule is O=C(O)C(NC(=O)N1CCCCC1CO)C1CCCCC1. The number of carbonyl (C=O) groups is 2. The summed E-state index contributed by atoms with van der Waals surface area (Å²) in [6.45, 7) is 0.530. The second-order valence-electron chi connectivity index (χ2n) is 6.19. The van der Waals surface area contributed by atoms with Crippen LogP contribution in [0.15, 0.2) is 0 Å². The molecule has 2 rings (SSSR count). The number of urea groups is 1. The third kappa shape index (κ3) is 4.09. The summed E-state index contributed by atoms with van der Waals surface area (Å²) < 4.78 is 0. The van der Waals surface area contributed by atoms with Crippen molar-refractivity contribution in [1.82, 2.24) is 10.2 Å². The molecule has 1 heterocycles. The lowest BCUT2D eigenvalue weighted by Gasteiger charge is -2.36. The van der Waals surface area contributed by atoms with Crippen molar-refractivity contribution in [2.45, 2.75) is 63.5 Å². The Morgan fingerprint density at radius 2 is 1.76 bits per heavy atom. The Kier molecular flexibility index (Phi) is 5.85. The van der Waals surface area contributed by atoms with Crippen molar-refractivity contribution in [1.29, 1.82) is 0 Å². The lowest BCUT2D eigenvalue weighted by atomic mass is 9.84. The summed E-state index contributed by atoms with van der Waals surface area (Å²) in [4.78, 5) is 25.5. The quantitative estimate of drug-likeness (QED) is 0.735. The minimum absolute atomic E-state index is 0.0255. The molecule has 3 N–H and O–H groups in total. The molecule has 6 heteroatoms. The number of aliphatic carboxylic acids is 1. The number of nitrogens with zero attached hydrogens (tertiary/aromatic N) is 1. The molecule has 0 aromatic rings. The molecule has 120 valence electrons. The number of nitrogens with one attached hydrogen (secondary N) is 1. The summed E-state index contributed by atoms with van der Waals surface area (Å²) in [7, 11) is 0. The van der Waals surface area contributed by atoms with Gasteiger partial charge in [-0.3, -0.25) is 0 Å². The molecule has 1 aliphatic heterocycles. The van der Waals surface area contributed by atoms with E-state index in [0.29, 0.717) is 6.54 Å². The molecule has 2 unspecified atom stereocenters. The van der Waals surface area contributed by atoms with E-state index in [4.69, 9.17) is 0 Å². The highest BCUT2D eigenvalue weighted by Gasteiger charge is 2.34. The van der Waals surface area contributed by atoms with Crippen LogP contribution in [0.1, 0.15) is 51.4 Å². The van der Waals surface area contributed by atoms with E-state index in [1.807, 2.05) is 0 Å². The Morgan fingerprint density at radius 1 is 1.10 bits per heavy atom. The van der Waals surface area contributed by atoms with E-state index in [1.165, 1.54) is 0 Å². The molecular weight excluding hydrogens is 272 g/mol. The first kappa shape index (κ1) is 16.1. The van der Waals surface area contributed by atoms with Gasteiger partial charge in [-0.25, -0.2) is 9.59 Å². The van der Waals surface area contributed by atoms with E-state index < -0.39 is 12.0 Å². The zero-order valence-electron chi connectivity index (χ0n) is 12.5. The number of piperidine rings is 1. The molecule has 2 amide bonds. The third-order valence-electron chi connectivity index (χ3n) is 4.77. The van der Waals surface area contributed by atoms with Gasteiger partial charge in [-0.05, 0) is 38.0 Å². The maximum Gasteiger partial charge on any atom is 0.326 e. The fourth-order valence-corrected chi connectivity index (χ4v) is 3.52. The lowest BCUT2D eigenvalue weighted by Crippen LogP contribution is -2.55. The van der Waals surface area contributed by atoms with Gasteiger partial charge in [0.15, 0.2) is 0 Å². The molecule has 0 bridgehead atoms. The topological polar surface area (TPSA) is 89.9 Å². The number of carboxylic acid groups (broad SMARTS) is 1. The van der Waals surface area contributed by atoms with Crippen LogP contribution in [0.2, 0.25) is 0 Å². The van der Waals surface area contributed by atoms with Gasteiger partial charge in [0.05, 0.1) is 12.6 Å². The number of hydrogen-bond donors (Lipinski definition) is 3. The van der Waals surface area contributed by atoms with E-state index in [1.54, 1.807) is 4.90 Å². The Labute approximate surface area is 125 Å². The summed E-state index contributed by atoms with van der Waals surface area (Å²) in [5, 5.41) is 21.5. The first-order chi connectivity index (χ1) is 10.1. The number of hydrogen-bond acceptors (Lipinski definition) is 3. The molecule has 0 aromatic carbocycles. The molecule has 0 radical (unpaired) electrons. The number of carboxylic acids is 1. The van der Waals surface area contributed by atoms with Crippen LogP contribution < -0.4 is 5.32 Å². The molecule has 1 saturated carbocycles. The van der Waals surface area contributed by atoms with Gasteiger partial charge in [-0.1, -0.05) is 19.3 Å². The predicted molar refractivity (Wildman–Crippen MR) is 78.0 cm³/mol. The standard InChI is InChI=1S/C15H26N2O4/c18-10-12-8-4-5-9-17(12)15(21)16-13(14(19)20)11-6-2-1-3-7-11/h11-13,18H,1-10H2,(H,16,21)(H,19,20). The van der Waals surface area contributed by atoms with Crippen molar-refractivity contribution < 1.29 is 19.8 Å². The van der Waals surface area contributed by atoms with Gasteiger partial charge in [-0.15, -0.1) is 0 Å². The van der Waals surface area contributed by atoms with Crippen LogP contribution in [-0.2, 0) is 4.79 Å². The molecule has 21 heavy (non-hydrogen) atoms. The first-order valence-corrected chi connectivity index (χ1v) is 8.04. The molecule has 1 aliphatic carbocycles. The summed E-state index contributed by atoms with van der Waals surface area (Å²) >= 11 is 0. The Bertz CT molecular complexity index is 369. The van der Waals surface area contributed by atoms with Crippen LogP contribution >= 0.6 is 0 Å². The van der Waals surface area contributed by atoms with E-state index in [2.05, 4.69) is 5.32 Å². The van der Waals surface area contributed by atoms with Crippen molar-refractivity contribution in [2.24, 2.45) is 5.92 Å². The van der Waals surface area contributed by atoms with Crippen LogP contribution in [-0.4, -0.2) is 52.3 Å². The normalized spacial score (nSPS) is 25.4. The second kappa shape index (κ2) is 7.64. The number of aliphatic hydroxyl groups excluding tert-OH is 1. The number of rotatable bonds is 4. The molecule has 0 aromatic heterocycles. The molecular formula is C15H26N2O4. The maximum atomic E-state index is 12.4. The van der Waals surface area contributed by atoms with Crippen LogP contribution in [0.5, 0.6) is 0 Å². The number of amides is 2. The van der Waals surface area contributed by atoms with Crippen molar-refractivity contribution in [3.05, 3.63) is 0 Å². The maximum absolute atomic E-state index is 12.4. The first-order valence-electron chi connectivity index (χ1n) is 8.04. The highest BCUT2D eigenvalue weighted by atomic mass is 16.4. The molecule has 1 saturated heterocycles. The zero-order chi connectivity index (χ0) is 15.2. The zero-order valence-corrected chi connectivity index (χ0v) is 12.5. The van der Waals surface area contributed by atoms with Gasteiger partial charge in [0, 0.05) is 6.54 Å². The van der Waals surface area contributed by atoms with E-state index in [-0.39, 0.29) is 24.6 Å². The molecule has 6 nitrogen and oxygen atoms in total. The van der Waals surface area contributed by atoms with Crippen LogP contribution in [0.4, 0.5) is 4.79 Å². The van der Waals surface area contributed by atoms with Crippen molar-refractivity contribution in [3.63, 3.8) is 0 Å². The highest BCUT2D eigenvalue weighted by Crippen LogP contribution is 2.27. The van der Waals surface area contributed by atoms with Crippen LogP contribution in [0.3, 0.4) is 0 Å². The number of likely N-dealkylation sites (tertiary alicyclic amines) is 1. The average molecular weight is 298 g/mol. The van der Waals surface area contributed by atoms with Crippen molar-refractivity contribution in [3.8, 4) is 0 Å². The average Bonchev–Trinajstić information content (AvgIpc) is 2.52. The summed E-state index contributed by atoms with van der Waals surface area (Å²) in [5.41, 5.74) is 0. The highest BCUT2D eigenvalue weighted by molar-refractivity contribution is 5.83. The van der Waals surface area contributed by atoms with Gasteiger partial charge in [0.25, 0.3) is 0 Å². The molecule has 0 spiro atoms. The van der Waals surface area contributed by atoms with Crippen LogP contribution in [0.25, 0.3) is 0 Å². The van der Waals surface area contributed by atoms with E-state index in [0.717, 1.165) is 51.4 Å². The van der Waals surface area contributed by atoms with Gasteiger partial charge in [0.2, 0.25) is 0 Å². The van der Waals surface area contributed by atoms with Gasteiger partial charge in [-0.2, -0.15) is 0 Å². The van der Waals surface area contributed by atoms with E-state index in [9.17, 15) is 19.8 Å². The Hall–Kier alpha value is -1.30. The predicted octanol–water partition coefficient (Wildman–Crippen LogP) is 1.58. The molecule has 2 fully saturated rings. The Balaban J connectivity index is 1.98. The van der Waals surface area contributed by atoms with Gasteiger partial charge >= 0.3 is 12.0 Å². The van der Waals surface area contributed by atoms with Crippen molar-refractivity contribution >= 4 is 12.0 Å². The fraction of sp³-hybridized carbons (Fsp3) is 0.867. The fourth-order valence-electron chi connectivity index (χ4n) is 3.52. The number of carbonyl (C=O) groups excluding carboxylic acids is 1. The van der Waals surface area contributed by atoms with Crippen molar-refractivity contribution in [2.75, 3.05) is 13.2 Å². The minimum Gasteiger partial charge on any atom is -0.480 e. The lowest BCUT2D eigenvalue weighted by molar-refractivity contribution is -0.141. The molecule has 2 aliphatic rings. The van der Waals surface area contributed by atoms with E-state index >= 15 is 0 Å². The smallest absolute Gasteiger partial charge is 0.326 e. The van der Waals surface area contributed by atoms with Crippen LogP contribution in [0, 0.1) is 5.92 Å². The number of aliphatic hydroxyl groups is 1. The minimum atomic E-state index is -0.951. The van der Waals surface area contributed by atoms with Gasteiger partial charge in [0.1, 0.15) is 6.04 Å². The van der Waals surface area contributed by atoms with Gasteiger partial charge < -0.3 is 20.4 Å². The Morgan fingerprint density at radius 3 is 2.38 bits per heavy atom. The molecule has 2 atom stereocenters. The largest absolute Gasteiger partial charge is 0.480 e. The summed E-state index contributed by atoms with van der Waals surface area (Å²) in [6.07, 6.45) is 7.63. The third-order valence-corrected chi connectivity index (χ3v) is 4.77. The monoisotopic (exact) mass is 298 g/mol. The second-order valence-corrected chi connectivity index (χ2v) is 6.19.